The molecule has 4 rings (SSSR count). The number of aryl methyl sites for hydroxylation is 1. The minimum absolute atomic E-state index is 0.108. The first kappa shape index (κ1) is 16.9. The Labute approximate surface area is 152 Å². The van der Waals surface area contributed by atoms with Crippen LogP contribution in [0.5, 0.6) is 0 Å². The van der Waals surface area contributed by atoms with Crippen LogP contribution in [0, 0.1) is 12.8 Å². The molecule has 7 nitrogen and oxygen atoms in total. The van der Waals surface area contributed by atoms with Crippen molar-refractivity contribution in [2.75, 3.05) is 11.9 Å². The van der Waals surface area contributed by atoms with Crippen molar-refractivity contribution >= 4 is 17.6 Å². The van der Waals surface area contributed by atoms with Crippen molar-refractivity contribution in [3.8, 4) is 0 Å². The van der Waals surface area contributed by atoms with Crippen molar-refractivity contribution < 1.29 is 14.0 Å². The highest BCUT2D eigenvalue weighted by atomic mass is 16.3. The molecule has 0 aromatic carbocycles. The Morgan fingerprint density at radius 3 is 2.85 bits per heavy atom. The number of hydrogen-bond donors (Lipinski definition) is 1. The number of rotatable bonds is 5. The van der Waals surface area contributed by atoms with Gasteiger partial charge >= 0.3 is 0 Å². The van der Waals surface area contributed by atoms with Crippen LogP contribution >= 0.6 is 0 Å². The summed E-state index contributed by atoms with van der Waals surface area (Å²) in [6, 6.07) is 5.89. The van der Waals surface area contributed by atoms with Gasteiger partial charge in [0.25, 0.3) is 0 Å². The van der Waals surface area contributed by atoms with E-state index in [1.165, 1.54) is 12.8 Å². The largest absolute Gasteiger partial charge is 0.464 e. The molecule has 2 aromatic heterocycles. The molecule has 0 radical (unpaired) electrons. The Balaban J connectivity index is 1.39. The van der Waals surface area contributed by atoms with Crippen molar-refractivity contribution in [2.24, 2.45) is 5.92 Å². The Kier molecular flexibility index (Phi) is 4.53. The molecule has 1 atom stereocenters. The summed E-state index contributed by atoms with van der Waals surface area (Å²) in [7, 11) is 0. The van der Waals surface area contributed by atoms with E-state index in [1.807, 2.05) is 24.0 Å². The number of nitrogens with one attached hydrogen (secondary N) is 1. The second kappa shape index (κ2) is 6.97. The maximum atomic E-state index is 12.7. The fraction of sp³-hybridized carbons (Fsp3) is 0.526. The van der Waals surface area contributed by atoms with Crippen molar-refractivity contribution in [2.45, 2.75) is 51.6 Å². The molecule has 0 spiro atoms. The van der Waals surface area contributed by atoms with Gasteiger partial charge in [-0.25, -0.2) is 4.68 Å². The molecule has 2 aromatic rings. The molecule has 3 heterocycles. The Morgan fingerprint density at radius 2 is 2.12 bits per heavy atom. The zero-order valence-corrected chi connectivity index (χ0v) is 15.0. The van der Waals surface area contributed by atoms with Crippen LogP contribution in [0.25, 0.3) is 0 Å². The van der Waals surface area contributed by atoms with Crippen LogP contribution in [0.3, 0.4) is 0 Å². The van der Waals surface area contributed by atoms with Gasteiger partial charge in [-0.15, -0.1) is 0 Å². The molecule has 1 saturated carbocycles. The van der Waals surface area contributed by atoms with Crippen LogP contribution in [0.15, 0.2) is 28.8 Å². The SMILES string of the molecule is Cc1ccc(Cn2nccc2NC(=O)C2CC(=O)N(C3CCCC3)C2)o1. The van der Waals surface area contributed by atoms with Crippen molar-refractivity contribution in [3.05, 3.63) is 35.9 Å². The van der Waals surface area contributed by atoms with Crippen molar-refractivity contribution in [1.82, 2.24) is 14.7 Å². The third kappa shape index (κ3) is 3.38. The summed E-state index contributed by atoms with van der Waals surface area (Å²) in [5, 5.41) is 7.19. The van der Waals surface area contributed by atoms with Gasteiger partial charge in [-0.1, -0.05) is 12.8 Å². The summed E-state index contributed by atoms with van der Waals surface area (Å²) in [4.78, 5) is 26.9. The van der Waals surface area contributed by atoms with Crippen LogP contribution in [0.1, 0.15) is 43.6 Å². The van der Waals surface area contributed by atoms with E-state index in [1.54, 1.807) is 16.9 Å². The first-order valence-corrected chi connectivity index (χ1v) is 9.27. The molecule has 2 fully saturated rings. The quantitative estimate of drug-likeness (QED) is 0.893. The first-order chi connectivity index (χ1) is 12.6. The summed E-state index contributed by atoms with van der Waals surface area (Å²) < 4.78 is 7.27. The fourth-order valence-electron chi connectivity index (χ4n) is 3.99. The van der Waals surface area contributed by atoms with Gasteiger partial charge in [-0.3, -0.25) is 9.59 Å². The minimum Gasteiger partial charge on any atom is -0.464 e. The monoisotopic (exact) mass is 356 g/mol. The molecule has 7 heteroatoms. The van der Waals surface area contributed by atoms with Gasteiger partial charge in [0.2, 0.25) is 11.8 Å². The zero-order chi connectivity index (χ0) is 18.1. The molecule has 0 bridgehead atoms. The lowest BCUT2D eigenvalue weighted by atomic mass is 10.1. The lowest BCUT2D eigenvalue weighted by Gasteiger charge is -2.23. The summed E-state index contributed by atoms with van der Waals surface area (Å²) >= 11 is 0. The lowest BCUT2D eigenvalue weighted by Crippen LogP contribution is -2.35. The highest BCUT2D eigenvalue weighted by molar-refractivity contribution is 5.96. The van der Waals surface area contributed by atoms with E-state index in [-0.39, 0.29) is 17.7 Å². The minimum atomic E-state index is -0.294. The lowest BCUT2D eigenvalue weighted by molar-refractivity contribution is -0.129. The molecule has 2 amide bonds. The number of hydrogen-bond acceptors (Lipinski definition) is 4. The Morgan fingerprint density at radius 1 is 1.31 bits per heavy atom. The second-order valence-corrected chi connectivity index (χ2v) is 7.26. The molecule has 1 N–H and O–H groups in total. The number of furan rings is 1. The molecule has 1 aliphatic carbocycles. The number of amides is 2. The van der Waals surface area contributed by atoms with E-state index < -0.39 is 0 Å². The van der Waals surface area contributed by atoms with Crippen LogP contribution < -0.4 is 5.32 Å². The molecular weight excluding hydrogens is 332 g/mol. The first-order valence-electron chi connectivity index (χ1n) is 9.27. The fourth-order valence-corrected chi connectivity index (χ4v) is 3.99. The van der Waals surface area contributed by atoms with E-state index in [4.69, 9.17) is 4.42 Å². The summed E-state index contributed by atoms with van der Waals surface area (Å²) in [5.41, 5.74) is 0. The van der Waals surface area contributed by atoms with Gasteiger partial charge in [0.05, 0.1) is 12.1 Å². The maximum absolute atomic E-state index is 12.7. The van der Waals surface area contributed by atoms with Gasteiger partial charge < -0.3 is 14.6 Å². The predicted octanol–water partition coefficient (Wildman–Crippen LogP) is 2.56. The van der Waals surface area contributed by atoms with E-state index in [2.05, 4.69) is 10.4 Å². The predicted molar refractivity (Wildman–Crippen MR) is 95.5 cm³/mol. The average molecular weight is 356 g/mol. The van der Waals surface area contributed by atoms with E-state index in [9.17, 15) is 9.59 Å². The smallest absolute Gasteiger partial charge is 0.230 e. The van der Waals surface area contributed by atoms with Crippen LogP contribution in [-0.4, -0.2) is 39.1 Å². The number of carbonyl (C=O) groups is 2. The van der Waals surface area contributed by atoms with E-state index in [0.717, 1.165) is 24.4 Å². The Hall–Kier alpha value is -2.57. The van der Waals surface area contributed by atoms with Gasteiger partial charge in [-0.05, 0) is 31.9 Å². The second-order valence-electron chi connectivity index (χ2n) is 7.26. The number of anilines is 1. The molecule has 1 unspecified atom stereocenters. The normalized spacial score (nSPS) is 20.9. The number of aromatic nitrogens is 2. The number of carbonyl (C=O) groups excluding carboxylic acids is 2. The average Bonchev–Trinajstić information content (AvgIpc) is 3.37. The van der Waals surface area contributed by atoms with Crippen molar-refractivity contribution in [1.29, 1.82) is 0 Å². The molecule has 2 aliphatic rings. The van der Waals surface area contributed by atoms with Gasteiger partial charge in [0, 0.05) is 25.1 Å². The van der Waals surface area contributed by atoms with Gasteiger partial charge in [0.15, 0.2) is 0 Å². The number of nitrogens with zero attached hydrogens (tertiary/aromatic N) is 3. The zero-order valence-electron chi connectivity index (χ0n) is 15.0. The highest BCUT2D eigenvalue weighted by Gasteiger charge is 2.38. The van der Waals surface area contributed by atoms with Gasteiger partial charge in [-0.2, -0.15) is 5.10 Å². The van der Waals surface area contributed by atoms with E-state index >= 15 is 0 Å². The summed E-state index contributed by atoms with van der Waals surface area (Å²) in [5.74, 6) is 1.94. The summed E-state index contributed by atoms with van der Waals surface area (Å²) in [6.07, 6.45) is 6.43. The number of likely N-dealkylation sites (tertiary alicyclic amines) is 1. The van der Waals surface area contributed by atoms with Crippen molar-refractivity contribution in [3.63, 3.8) is 0 Å². The molecular formula is C19H24N4O3. The van der Waals surface area contributed by atoms with Crippen LogP contribution in [0.2, 0.25) is 0 Å². The van der Waals surface area contributed by atoms with E-state index in [0.29, 0.717) is 31.4 Å². The maximum Gasteiger partial charge on any atom is 0.230 e. The Bertz CT molecular complexity index is 803. The van der Waals surface area contributed by atoms with Gasteiger partial charge in [0.1, 0.15) is 23.9 Å². The standard InChI is InChI=1S/C19H24N4O3/c1-13-6-7-16(26-13)12-23-17(8-9-20-23)21-19(25)14-10-18(24)22(11-14)15-4-2-3-5-15/h6-9,14-15H,2-5,10-12H2,1H3,(H,21,25). The molecule has 26 heavy (non-hydrogen) atoms. The van der Waals surface area contributed by atoms with Crippen LogP contribution in [-0.2, 0) is 16.1 Å². The summed E-state index contributed by atoms with van der Waals surface area (Å²) in [6.45, 7) is 2.87. The van der Waals surface area contributed by atoms with Crippen LogP contribution in [0.4, 0.5) is 5.82 Å². The topological polar surface area (TPSA) is 80.4 Å². The molecule has 138 valence electrons. The molecule has 1 aliphatic heterocycles. The highest BCUT2D eigenvalue weighted by Crippen LogP contribution is 2.30. The molecule has 1 saturated heterocycles. The third-order valence-corrected chi connectivity index (χ3v) is 5.36. The third-order valence-electron chi connectivity index (χ3n) is 5.36.